The summed E-state index contributed by atoms with van der Waals surface area (Å²) < 4.78 is 3.97. The molecule has 3 aromatic carbocycles. The highest BCUT2D eigenvalue weighted by atomic mass is 127. The molecule has 0 atom stereocenters. The lowest BCUT2D eigenvalue weighted by molar-refractivity contribution is 0.127. The van der Waals surface area contributed by atoms with Crippen LogP contribution in [0, 0.1) is 10.4 Å². The SMILES string of the molecule is C=IN([O-])Oc1ccc(N([O-])Oc2ccc(-c3ccccc3)cc2)cc1. The van der Waals surface area contributed by atoms with Crippen LogP contribution in [0.2, 0.25) is 0 Å². The van der Waals surface area contributed by atoms with E-state index in [0.717, 1.165) is 11.1 Å². The molecule has 134 valence electrons. The van der Waals surface area contributed by atoms with E-state index in [1.54, 1.807) is 12.1 Å². The van der Waals surface area contributed by atoms with Gasteiger partial charge in [-0.25, -0.2) is 0 Å². The van der Waals surface area contributed by atoms with Crippen LogP contribution >= 0.6 is 21.0 Å². The molecule has 0 aliphatic rings. The Balaban J connectivity index is 1.64. The fourth-order valence-corrected chi connectivity index (χ4v) is 2.59. The molecule has 0 aliphatic carbocycles. The van der Waals surface area contributed by atoms with Gasteiger partial charge in [-0.1, -0.05) is 47.0 Å². The van der Waals surface area contributed by atoms with Crippen molar-refractivity contribution in [3.63, 3.8) is 0 Å². The molecule has 0 saturated heterocycles. The van der Waals surface area contributed by atoms with Gasteiger partial charge in [0.1, 0.15) is 5.75 Å². The number of benzene rings is 3. The standard InChI is InChI=1S/C19H15IN2O4/c1-20-22(24)26-19-13-9-17(10-14-19)21(23)25-18-11-7-16(8-12-18)15-5-3-2-4-6-15/h2-14H,1H2/q-2. The Hall–Kier alpha value is -2.46. The van der Waals surface area contributed by atoms with E-state index in [2.05, 4.69) is 4.51 Å². The van der Waals surface area contributed by atoms with E-state index < -0.39 is 21.0 Å². The Kier molecular flexibility index (Phi) is 6.18. The van der Waals surface area contributed by atoms with Gasteiger partial charge in [0.25, 0.3) is 0 Å². The average molecular weight is 462 g/mol. The molecule has 0 aliphatic heterocycles. The Labute approximate surface area is 161 Å². The number of rotatable bonds is 7. The fourth-order valence-electron chi connectivity index (χ4n) is 2.22. The van der Waals surface area contributed by atoms with Crippen molar-refractivity contribution >= 4 is 31.2 Å². The van der Waals surface area contributed by atoms with E-state index in [1.165, 1.54) is 24.3 Å². The number of anilines is 1. The molecule has 0 bridgehead atoms. The van der Waals surface area contributed by atoms with Gasteiger partial charge in [-0.2, -0.15) is 3.44 Å². The minimum absolute atomic E-state index is 0.284. The minimum atomic E-state index is -0.947. The molecule has 3 aromatic rings. The van der Waals surface area contributed by atoms with Gasteiger partial charge in [0.15, 0.2) is 5.75 Å². The van der Waals surface area contributed by atoms with Crippen LogP contribution in [0.5, 0.6) is 11.5 Å². The van der Waals surface area contributed by atoms with E-state index in [9.17, 15) is 10.4 Å². The van der Waals surface area contributed by atoms with E-state index in [4.69, 9.17) is 9.68 Å². The maximum Gasteiger partial charge on any atom is 0.154 e. The molecule has 0 heterocycles. The van der Waals surface area contributed by atoms with Gasteiger partial charge in [0, 0.05) is 0 Å². The third-order valence-electron chi connectivity index (χ3n) is 3.47. The van der Waals surface area contributed by atoms with E-state index >= 15 is 0 Å². The van der Waals surface area contributed by atoms with Crippen molar-refractivity contribution in [3.8, 4) is 22.6 Å². The molecule has 7 heteroatoms. The van der Waals surface area contributed by atoms with Crippen LogP contribution in [0.3, 0.4) is 0 Å². The molecule has 0 spiro atoms. The largest absolute Gasteiger partial charge is 0.744 e. The van der Waals surface area contributed by atoms with Crippen molar-refractivity contribution in [2.45, 2.75) is 0 Å². The first-order chi connectivity index (χ1) is 12.7. The fraction of sp³-hybridized carbons (Fsp3) is 0. The van der Waals surface area contributed by atoms with Crippen molar-refractivity contribution in [1.29, 1.82) is 0 Å². The lowest BCUT2D eigenvalue weighted by Crippen LogP contribution is -2.19. The number of halogens is 1. The second kappa shape index (κ2) is 8.77. The first-order valence-corrected chi connectivity index (χ1v) is 10.1. The Bertz CT molecular complexity index is 842. The molecule has 3 rings (SSSR count). The van der Waals surface area contributed by atoms with Crippen LogP contribution in [0.1, 0.15) is 0 Å². The van der Waals surface area contributed by atoms with Crippen molar-refractivity contribution in [1.82, 2.24) is 3.44 Å². The van der Waals surface area contributed by atoms with Crippen molar-refractivity contribution in [2.24, 2.45) is 0 Å². The third-order valence-corrected chi connectivity index (χ3v) is 4.23. The summed E-state index contributed by atoms with van der Waals surface area (Å²) >= 11 is -0.947. The summed E-state index contributed by atoms with van der Waals surface area (Å²) in [6.45, 7) is 0. The highest BCUT2D eigenvalue weighted by Crippen LogP contribution is 2.25. The van der Waals surface area contributed by atoms with Gasteiger partial charge >= 0.3 is 0 Å². The molecule has 0 fully saturated rings. The summed E-state index contributed by atoms with van der Waals surface area (Å²) in [6, 6.07) is 23.2. The van der Waals surface area contributed by atoms with Gasteiger partial charge in [-0.05, 0) is 68.5 Å². The van der Waals surface area contributed by atoms with Gasteiger partial charge in [-0.3, -0.25) is 5.23 Å². The summed E-state index contributed by atoms with van der Waals surface area (Å²) in [4.78, 5) is 10.3. The van der Waals surface area contributed by atoms with Crippen molar-refractivity contribution in [3.05, 3.63) is 89.3 Å². The molecule has 6 nitrogen and oxygen atoms in total. The lowest BCUT2D eigenvalue weighted by Gasteiger charge is -2.29. The molecule has 0 aromatic heterocycles. The summed E-state index contributed by atoms with van der Waals surface area (Å²) in [5, 5.41) is 23.7. The normalized spacial score (nSPS) is 10.6. The smallest absolute Gasteiger partial charge is 0.154 e. The summed E-state index contributed by atoms with van der Waals surface area (Å²) in [6.07, 6.45) is 0. The minimum Gasteiger partial charge on any atom is -0.744 e. The van der Waals surface area contributed by atoms with Gasteiger partial charge in [0.05, 0.1) is 5.69 Å². The number of hydrogen-bond donors (Lipinski definition) is 0. The topological polar surface area (TPSA) is 71.1 Å². The molecular formula is C19H15IN2O4-2. The average Bonchev–Trinajstić information content (AvgIpc) is 2.69. The molecule has 0 N–H and O–H groups in total. The molecule has 0 saturated carbocycles. The van der Waals surface area contributed by atoms with Crippen LogP contribution in [-0.4, -0.2) is 7.95 Å². The maximum atomic E-state index is 12.1. The zero-order valence-electron chi connectivity index (χ0n) is 13.6. The highest BCUT2D eigenvalue weighted by molar-refractivity contribution is 14.2. The predicted octanol–water partition coefficient (Wildman–Crippen LogP) is 5.06. The highest BCUT2D eigenvalue weighted by Gasteiger charge is 2.02. The van der Waals surface area contributed by atoms with E-state index in [0.29, 0.717) is 20.2 Å². The second-order valence-electron chi connectivity index (χ2n) is 5.16. The summed E-state index contributed by atoms with van der Waals surface area (Å²) in [5.74, 6) is 0.764. The first-order valence-electron chi connectivity index (χ1n) is 7.60. The molecule has 26 heavy (non-hydrogen) atoms. The first kappa shape index (κ1) is 18.3. The zero-order valence-corrected chi connectivity index (χ0v) is 15.8. The quantitative estimate of drug-likeness (QED) is 0.278. The predicted molar refractivity (Wildman–Crippen MR) is 112 cm³/mol. The van der Waals surface area contributed by atoms with Crippen LogP contribution in [0.15, 0.2) is 78.9 Å². The molecule has 0 radical (unpaired) electrons. The van der Waals surface area contributed by atoms with Crippen molar-refractivity contribution < 1.29 is 9.68 Å². The molecule has 0 unspecified atom stereocenters. The summed E-state index contributed by atoms with van der Waals surface area (Å²) in [5.41, 5.74) is 2.41. The van der Waals surface area contributed by atoms with Gasteiger partial charge in [-0.15, -0.1) is 0 Å². The van der Waals surface area contributed by atoms with Crippen LogP contribution in [0.4, 0.5) is 5.69 Å². The number of nitrogens with zero attached hydrogens (tertiary/aromatic N) is 2. The zero-order chi connectivity index (χ0) is 18.4. The van der Waals surface area contributed by atoms with Crippen LogP contribution in [0.25, 0.3) is 11.1 Å². The molecule has 0 amide bonds. The summed E-state index contributed by atoms with van der Waals surface area (Å²) in [7, 11) is 0. The molecular weight excluding hydrogens is 447 g/mol. The monoisotopic (exact) mass is 462 g/mol. The number of hydrogen-bond acceptors (Lipinski definition) is 6. The lowest BCUT2D eigenvalue weighted by atomic mass is 10.1. The van der Waals surface area contributed by atoms with Crippen LogP contribution < -0.4 is 14.9 Å². The van der Waals surface area contributed by atoms with Gasteiger partial charge < -0.3 is 20.1 Å². The van der Waals surface area contributed by atoms with Crippen LogP contribution in [-0.2, 0) is 0 Å². The maximum absolute atomic E-state index is 12.1. The second-order valence-corrected chi connectivity index (χ2v) is 6.63. The van der Waals surface area contributed by atoms with Gasteiger partial charge in [0.2, 0.25) is 0 Å². The Morgan fingerprint density at radius 3 is 1.85 bits per heavy atom. The van der Waals surface area contributed by atoms with E-state index in [-0.39, 0.29) is 5.69 Å². The van der Waals surface area contributed by atoms with E-state index in [1.807, 2.05) is 42.5 Å². The Morgan fingerprint density at radius 2 is 1.23 bits per heavy atom. The van der Waals surface area contributed by atoms with Crippen molar-refractivity contribution in [2.75, 3.05) is 5.23 Å². The Morgan fingerprint density at radius 1 is 0.692 bits per heavy atom. The third kappa shape index (κ3) is 4.79.